The number of ether oxygens (including phenoxy) is 2. The number of halogens is 2. The molecule has 0 aromatic heterocycles. The molecule has 1 N–H and O–H groups in total. The van der Waals surface area contributed by atoms with Crippen LogP contribution < -0.4 is 14.8 Å². The molecule has 214 valence electrons. The summed E-state index contributed by atoms with van der Waals surface area (Å²) >= 11 is 13.3. The molecule has 0 radical (unpaired) electrons. The van der Waals surface area contributed by atoms with E-state index in [1.54, 1.807) is 16.9 Å². The number of alkyl halides is 1. The summed E-state index contributed by atoms with van der Waals surface area (Å²) in [6.45, 7) is 4.73. The maximum absolute atomic E-state index is 14.4. The van der Waals surface area contributed by atoms with Crippen molar-refractivity contribution in [1.82, 2.24) is 15.1 Å². The van der Waals surface area contributed by atoms with Gasteiger partial charge in [0.2, 0.25) is 5.91 Å². The molecule has 2 fully saturated rings. The minimum atomic E-state index is -0.392. The zero-order valence-electron chi connectivity index (χ0n) is 23.1. The fourth-order valence-corrected chi connectivity index (χ4v) is 6.45. The van der Waals surface area contributed by atoms with Crippen LogP contribution >= 0.6 is 23.2 Å². The maximum Gasteiger partial charge on any atom is 0.326 e. The Balaban J connectivity index is 1.67. The van der Waals surface area contributed by atoms with Gasteiger partial charge in [-0.15, -0.1) is 11.6 Å². The lowest BCUT2D eigenvalue weighted by Crippen LogP contribution is -2.57. The van der Waals surface area contributed by atoms with Crippen molar-refractivity contribution >= 4 is 41.0 Å². The van der Waals surface area contributed by atoms with Crippen molar-refractivity contribution in [3.05, 3.63) is 58.6 Å². The number of carbonyl (C=O) groups excluding carboxylic acids is 2. The van der Waals surface area contributed by atoms with Gasteiger partial charge in [-0.2, -0.15) is 0 Å². The number of rotatable bonds is 6. The van der Waals surface area contributed by atoms with Crippen molar-refractivity contribution in [2.45, 2.75) is 63.1 Å². The van der Waals surface area contributed by atoms with E-state index >= 15 is 0 Å². The molecule has 2 aromatic carbocycles. The van der Waals surface area contributed by atoms with Gasteiger partial charge in [0.15, 0.2) is 0 Å². The molecule has 2 atom stereocenters. The number of carbonyl (C=O) groups is 2. The third kappa shape index (κ3) is 5.88. The molecule has 2 aliphatic heterocycles. The second-order valence-electron chi connectivity index (χ2n) is 10.9. The smallest absolute Gasteiger partial charge is 0.326 e. The highest BCUT2D eigenvalue weighted by atomic mass is 35.5. The molecular formula is C30H36Cl2N4O4. The third-order valence-corrected chi connectivity index (χ3v) is 8.61. The van der Waals surface area contributed by atoms with Gasteiger partial charge >= 0.3 is 6.03 Å². The average molecular weight is 588 g/mol. The Labute approximate surface area is 245 Å². The summed E-state index contributed by atoms with van der Waals surface area (Å²) < 4.78 is 11.7. The summed E-state index contributed by atoms with van der Waals surface area (Å²) in [5, 5.41) is 3.55. The van der Waals surface area contributed by atoms with Crippen LogP contribution in [0.5, 0.6) is 11.5 Å². The Morgan fingerprint density at radius 2 is 1.88 bits per heavy atom. The van der Waals surface area contributed by atoms with E-state index in [0.29, 0.717) is 41.0 Å². The summed E-state index contributed by atoms with van der Waals surface area (Å²) in [6.07, 6.45) is 3.35. The first-order valence-corrected chi connectivity index (χ1v) is 14.7. The highest BCUT2D eigenvalue weighted by Gasteiger charge is 2.48. The van der Waals surface area contributed by atoms with E-state index in [2.05, 4.69) is 5.32 Å². The number of hydrogen-bond donors (Lipinski definition) is 1. The van der Waals surface area contributed by atoms with Crippen LogP contribution in [0.25, 0.3) is 0 Å². The topological polar surface area (TPSA) is 83.5 Å². The number of amides is 3. The van der Waals surface area contributed by atoms with Gasteiger partial charge in [-0.25, -0.2) is 4.79 Å². The number of amidine groups is 1. The highest BCUT2D eigenvalue weighted by Crippen LogP contribution is 2.46. The molecule has 0 bridgehead atoms. The lowest BCUT2D eigenvalue weighted by atomic mass is 9.79. The van der Waals surface area contributed by atoms with Crippen molar-refractivity contribution in [3.63, 3.8) is 0 Å². The van der Waals surface area contributed by atoms with Gasteiger partial charge in [-0.05, 0) is 69.2 Å². The Bertz CT molecular complexity index is 1280. The number of aliphatic imine (C=N–C) groups is 1. The summed E-state index contributed by atoms with van der Waals surface area (Å²) in [5.41, 5.74) is 1.56. The molecule has 3 amide bonds. The molecule has 1 saturated carbocycles. The molecule has 5 rings (SSSR count). The van der Waals surface area contributed by atoms with Gasteiger partial charge in [-0.3, -0.25) is 14.7 Å². The molecule has 0 spiro atoms. The number of nitrogens with zero attached hydrogens (tertiary/aromatic N) is 3. The second kappa shape index (κ2) is 12.3. The van der Waals surface area contributed by atoms with E-state index in [9.17, 15) is 9.59 Å². The van der Waals surface area contributed by atoms with E-state index in [1.807, 2.05) is 56.3 Å². The van der Waals surface area contributed by atoms with Gasteiger partial charge < -0.3 is 19.7 Å². The van der Waals surface area contributed by atoms with Crippen LogP contribution in [0.3, 0.4) is 0 Å². The second-order valence-corrected chi connectivity index (χ2v) is 11.9. The highest BCUT2D eigenvalue weighted by molar-refractivity contribution is 6.31. The number of piperazine rings is 1. The molecule has 8 nitrogen and oxygen atoms in total. The Morgan fingerprint density at radius 3 is 2.55 bits per heavy atom. The van der Waals surface area contributed by atoms with E-state index in [0.717, 1.165) is 31.2 Å². The lowest BCUT2D eigenvalue weighted by molar-refractivity contribution is -0.123. The van der Waals surface area contributed by atoms with Crippen LogP contribution in [0.1, 0.15) is 56.7 Å². The summed E-state index contributed by atoms with van der Waals surface area (Å²) in [7, 11) is 1.61. The fraction of sp³-hybridized carbons (Fsp3) is 0.500. The molecule has 2 aromatic rings. The monoisotopic (exact) mass is 586 g/mol. The van der Waals surface area contributed by atoms with Crippen LogP contribution in [-0.2, 0) is 4.79 Å². The average Bonchev–Trinajstić information content (AvgIpc) is 3.33. The van der Waals surface area contributed by atoms with Crippen LogP contribution in [0.4, 0.5) is 4.79 Å². The van der Waals surface area contributed by atoms with Crippen molar-refractivity contribution in [3.8, 4) is 11.5 Å². The fourth-order valence-electron chi connectivity index (χ4n) is 5.95. The molecule has 10 heteroatoms. The molecular weight excluding hydrogens is 551 g/mol. The molecule has 1 aliphatic carbocycles. The summed E-state index contributed by atoms with van der Waals surface area (Å²) in [6, 6.07) is 12.3. The van der Waals surface area contributed by atoms with Crippen molar-refractivity contribution in [2.75, 3.05) is 26.7 Å². The van der Waals surface area contributed by atoms with Crippen LogP contribution in [-0.4, -0.2) is 71.8 Å². The van der Waals surface area contributed by atoms with Crippen LogP contribution in [0, 0.1) is 5.92 Å². The lowest BCUT2D eigenvalue weighted by Gasteiger charge is -2.40. The van der Waals surface area contributed by atoms with Crippen LogP contribution in [0.15, 0.2) is 47.5 Å². The van der Waals surface area contributed by atoms with E-state index in [1.165, 1.54) is 0 Å². The van der Waals surface area contributed by atoms with Gasteiger partial charge in [0.25, 0.3) is 0 Å². The third-order valence-electron chi connectivity index (χ3n) is 7.83. The summed E-state index contributed by atoms with van der Waals surface area (Å²) in [4.78, 5) is 35.4. The number of benzene rings is 2. The predicted molar refractivity (Wildman–Crippen MR) is 157 cm³/mol. The Kier molecular flexibility index (Phi) is 8.76. The van der Waals surface area contributed by atoms with E-state index < -0.39 is 6.04 Å². The number of methoxy groups -OCH3 is 1. The number of nitrogens with one attached hydrogen (secondary N) is 1. The predicted octanol–water partition coefficient (Wildman–Crippen LogP) is 5.66. The van der Waals surface area contributed by atoms with Gasteiger partial charge in [0.1, 0.15) is 23.9 Å². The molecule has 3 aliphatic rings. The quantitative estimate of drug-likeness (QED) is 0.443. The van der Waals surface area contributed by atoms with Crippen molar-refractivity contribution in [2.24, 2.45) is 10.9 Å². The van der Waals surface area contributed by atoms with E-state index in [-0.39, 0.29) is 41.9 Å². The SMILES string of the molecule is COc1ccc(C2=N[C@H](c3ccccc3Cl)[C@H](C3CCC(Cl)CC3)N2C(=O)N2CCNC(=O)C2)c(OC(C)C)c1. The first-order valence-electron chi connectivity index (χ1n) is 13.9. The van der Waals surface area contributed by atoms with Crippen LogP contribution in [0.2, 0.25) is 5.02 Å². The molecule has 0 unspecified atom stereocenters. The Hall–Kier alpha value is -2.97. The number of urea groups is 1. The first kappa shape index (κ1) is 28.6. The first-order chi connectivity index (χ1) is 19.3. The largest absolute Gasteiger partial charge is 0.497 e. The summed E-state index contributed by atoms with van der Waals surface area (Å²) in [5.74, 6) is 1.70. The molecule has 40 heavy (non-hydrogen) atoms. The van der Waals surface area contributed by atoms with E-state index in [4.69, 9.17) is 37.7 Å². The van der Waals surface area contributed by atoms with Crippen molar-refractivity contribution < 1.29 is 19.1 Å². The zero-order chi connectivity index (χ0) is 28.4. The zero-order valence-corrected chi connectivity index (χ0v) is 24.6. The normalized spacial score (nSPS) is 25.1. The van der Waals surface area contributed by atoms with Gasteiger partial charge in [-0.1, -0.05) is 29.8 Å². The Morgan fingerprint density at radius 1 is 1.12 bits per heavy atom. The minimum Gasteiger partial charge on any atom is -0.497 e. The minimum absolute atomic E-state index is 0.00151. The van der Waals surface area contributed by atoms with Gasteiger partial charge in [0, 0.05) is 29.6 Å². The standard InChI is InChI=1S/C30H36Cl2N4O4/c1-18(2)40-25-16-21(39-3)12-13-23(25)29-34-27(22-6-4-5-7-24(22)32)28(19-8-10-20(31)11-9-19)36(29)30(38)35-15-14-33-26(37)17-35/h4-7,12-13,16,18-20,27-28H,8-11,14-15,17H2,1-3H3,(H,33,37)/t19?,20?,27-,28+/m1/s1. The maximum atomic E-state index is 14.4. The molecule has 2 heterocycles. The number of hydrogen-bond acceptors (Lipinski definition) is 5. The van der Waals surface area contributed by atoms with Crippen molar-refractivity contribution in [1.29, 1.82) is 0 Å². The van der Waals surface area contributed by atoms with Gasteiger partial charge in [0.05, 0.1) is 30.9 Å². The molecule has 1 saturated heterocycles.